The zero-order chi connectivity index (χ0) is 11.8. The fourth-order valence-electron chi connectivity index (χ4n) is 2.66. The number of nitrogens with two attached hydrogens (primary N) is 1. The van der Waals surface area contributed by atoms with Gasteiger partial charge in [0.2, 0.25) is 5.95 Å². The highest BCUT2D eigenvalue weighted by Crippen LogP contribution is 2.28. The first-order chi connectivity index (χ1) is 8.22. The van der Waals surface area contributed by atoms with Gasteiger partial charge in [-0.2, -0.15) is 4.98 Å². The molecule has 1 aliphatic rings. The highest BCUT2D eigenvalue weighted by atomic mass is 16.3. The Morgan fingerprint density at radius 3 is 3.06 bits per heavy atom. The number of aromatic nitrogens is 3. The summed E-state index contributed by atoms with van der Waals surface area (Å²) in [4.78, 5) is 4.14. The molecule has 5 heteroatoms. The number of rotatable bonds is 2. The molecule has 2 aromatic heterocycles. The van der Waals surface area contributed by atoms with Crippen molar-refractivity contribution >= 4 is 11.6 Å². The number of nitrogens with zero attached hydrogens (tertiary/aromatic N) is 3. The van der Waals surface area contributed by atoms with Crippen molar-refractivity contribution in [1.29, 1.82) is 0 Å². The van der Waals surface area contributed by atoms with Crippen molar-refractivity contribution in [2.45, 2.75) is 31.8 Å². The van der Waals surface area contributed by atoms with Gasteiger partial charge < -0.3 is 10.8 Å². The van der Waals surface area contributed by atoms with Crippen LogP contribution in [0.2, 0.25) is 0 Å². The van der Waals surface area contributed by atoms with Crippen LogP contribution in [0.15, 0.2) is 18.2 Å². The van der Waals surface area contributed by atoms with Crippen molar-refractivity contribution in [3.63, 3.8) is 0 Å². The van der Waals surface area contributed by atoms with Gasteiger partial charge in [-0.1, -0.05) is 6.07 Å². The number of fused-ring (bicyclic) bond motifs is 1. The summed E-state index contributed by atoms with van der Waals surface area (Å²) in [7, 11) is 0. The van der Waals surface area contributed by atoms with Crippen LogP contribution in [0.1, 0.15) is 25.0 Å². The average Bonchev–Trinajstić information content (AvgIpc) is 2.84. The summed E-state index contributed by atoms with van der Waals surface area (Å²) in [5, 5.41) is 13.7. The molecule has 0 amide bonds. The lowest BCUT2D eigenvalue weighted by atomic mass is 10.0. The fraction of sp³-hybridized carbons (Fsp3) is 0.500. The molecule has 0 spiro atoms. The molecule has 90 valence electrons. The molecule has 2 heterocycles. The number of aliphatic hydroxyl groups is 1. The van der Waals surface area contributed by atoms with E-state index in [9.17, 15) is 5.11 Å². The molecule has 3 rings (SSSR count). The van der Waals surface area contributed by atoms with E-state index in [-0.39, 0.29) is 6.10 Å². The molecule has 1 aliphatic carbocycles. The molecule has 5 nitrogen and oxygen atoms in total. The maximum absolute atomic E-state index is 9.54. The van der Waals surface area contributed by atoms with Gasteiger partial charge in [-0.05, 0) is 43.7 Å². The summed E-state index contributed by atoms with van der Waals surface area (Å²) in [6.45, 7) is 0. The van der Waals surface area contributed by atoms with Gasteiger partial charge >= 0.3 is 0 Å². The van der Waals surface area contributed by atoms with Crippen molar-refractivity contribution in [3.8, 4) is 0 Å². The highest BCUT2D eigenvalue weighted by Gasteiger charge is 2.23. The molecular weight excluding hydrogens is 216 g/mol. The van der Waals surface area contributed by atoms with Crippen LogP contribution >= 0.6 is 0 Å². The van der Waals surface area contributed by atoms with E-state index in [1.165, 1.54) is 0 Å². The monoisotopic (exact) mass is 232 g/mol. The van der Waals surface area contributed by atoms with Crippen LogP contribution in [0.25, 0.3) is 5.65 Å². The Bertz CT molecular complexity index is 536. The number of aliphatic hydroxyl groups excluding tert-OH is 1. The van der Waals surface area contributed by atoms with Gasteiger partial charge in [0.05, 0.1) is 6.10 Å². The van der Waals surface area contributed by atoms with E-state index in [2.05, 4.69) is 10.1 Å². The Kier molecular flexibility index (Phi) is 2.48. The van der Waals surface area contributed by atoms with E-state index in [1.54, 1.807) is 4.52 Å². The Morgan fingerprint density at radius 2 is 2.29 bits per heavy atom. The van der Waals surface area contributed by atoms with Gasteiger partial charge in [0, 0.05) is 5.69 Å². The second-order valence-corrected chi connectivity index (χ2v) is 4.79. The first-order valence-corrected chi connectivity index (χ1v) is 6.00. The first kappa shape index (κ1) is 10.5. The molecule has 0 saturated heterocycles. The minimum absolute atomic E-state index is 0.125. The topological polar surface area (TPSA) is 76.4 Å². The zero-order valence-electron chi connectivity index (χ0n) is 9.58. The first-order valence-electron chi connectivity index (χ1n) is 6.00. The third-order valence-electron chi connectivity index (χ3n) is 3.47. The molecule has 0 aliphatic heterocycles. The maximum atomic E-state index is 9.54. The van der Waals surface area contributed by atoms with Gasteiger partial charge in [0.1, 0.15) is 0 Å². The minimum atomic E-state index is -0.125. The second-order valence-electron chi connectivity index (χ2n) is 4.79. The Hall–Kier alpha value is -1.62. The van der Waals surface area contributed by atoms with Gasteiger partial charge in [-0.3, -0.25) is 0 Å². The van der Waals surface area contributed by atoms with Crippen molar-refractivity contribution in [1.82, 2.24) is 14.6 Å². The van der Waals surface area contributed by atoms with Gasteiger partial charge in [-0.15, -0.1) is 5.10 Å². The minimum Gasteiger partial charge on any atom is -0.393 e. The third-order valence-corrected chi connectivity index (χ3v) is 3.47. The summed E-state index contributed by atoms with van der Waals surface area (Å²) in [6, 6.07) is 5.92. The molecule has 17 heavy (non-hydrogen) atoms. The van der Waals surface area contributed by atoms with E-state index < -0.39 is 0 Å². The predicted molar refractivity (Wildman–Crippen MR) is 64.5 cm³/mol. The van der Waals surface area contributed by atoms with Crippen LogP contribution in [0.5, 0.6) is 0 Å². The summed E-state index contributed by atoms with van der Waals surface area (Å²) < 4.78 is 1.81. The third kappa shape index (κ3) is 1.98. The molecule has 2 atom stereocenters. The predicted octanol–water partition coefficient (Wildman–Crippen LogP) is 1.01. The molecule has 0 bridgehead atoms. The molecule has 1 saturated carbocycles. The number of hydrogen-bond acceptors (Lipinski definition) is 4. The molecule has 0 radical (unpaired) electrons. The largest absolute Gasteiger partial charge is 0.393 e. The quantitative estimate of drug-likeness (QED) is 0.810. The van der Waals surface area contributed by atoms with Crippen molar-refractivity contribution < 1.29 is 5.11 Å². The lowest BCUT2D eigenvalue weighted by Crippen LogP contribution is -2.07. The van der Waals surface area contributed by atoms with E-state index in [0.717, 1.165) is 37.0 Å². The van der Waals surface area contributed by atoms with Crippen molar-refractivity contribution in [3.05, 3.63) is 23.9 Å². The smallest absolute Gasteiger partial charge is 0.240 e. The maximum Gasteiger partial charge on any atom is 0.240 e. The Labute approximate surface area is 99.3 Å². The fourth-order valence-corrected chi connectivity index (χ4v) is 2.66. The number of hydrogen-bond donors (Lipinski definition) is 2. The van der Waals surface area contributed by atoms with Crippen LogP contribution in [-0.2, 0) is 6.42 Å². The molecule has 1 fully saturated rings. The van der Waals surface area contributed by atoms with Gasteiger partial charge in [0.15, 0.2) is 5.65 Å². The Morgan fingerprint density at radius 1 is 1.41 bits per heavy atom. The number of pyridine rings is 1. The Balaban J connectivity index is 1.89. The molecule has 0 aromatic carbocycles. The number of nitrogen functional groups attached to an aromatic ring is 1. The van der Waals surface area contributed by atoms with Crippen molar-refractivity contribution in [2.75, 3.05) is 5.73 Å². The molecule has 2 aromatic rings. The van der Waals surface area contributed by atoms with Crippen molar-refractivity contribution in [2.24, 2.45) is 5.92 Å². The van der Waals surface area contributed by atoms with Gasteiger partial charge in [-0.25, -0.2) is 4.52 Å². The van der Waals surface area contributed by atoms with E-state index >= 15 is 0 Å². The van der Waals surface area contributed by atoms with E-state index in [1.807, 2.05) is 18.2 Å². The molecular formula is C12H16N4O. The van der Waals surface area contributed by atoms with Gasteiger partial charge in [0.25, 0.3) is 0 Å². The lowest BCUT2D eigenvalue weighted by Gasteiger charge is -2.09. The number of anilines is 1. The average molecular weight is 232 g/mol. The summed E-state index contributed by atoms with van der Waals surface area (Å²) in [5.41, 5.74) is 7.51. The van der Waals surface area contributed by atoms with Crippen LogP contribution < -0.4 is 5.73 Å². The standard InChI is InChI=1S/C12H16N4O/c13-12-14-11-3-1-2-9(16(11)15-12)6-8-4-5-10(17)7-8/h1-3,8,10,17H,4-7H2,(H2,13,15). The summed E-state index contributed by atoms with van der Waals surface area (Å²) in [6.07, 6.45) is 3.69. The normalized spacial score (nSPS) is 24.5. The molecule has 3 N–H and O–H groups in total. The van der Waals surface area contributed by atoms with Crippen LogP contribution in [0.3, 0.4) is 0 Å². The molecule has 2 unspecified atom stereocenters. The van der Waals surface area contributed by atoms with Crippen LogP contribution in [-0.4, -0.2) is 25.8 Å². The van der Waals surface area contributed by atoms with Crippen LogP contribution in [0.4, 0.5) is 5.95 Å². The summed E-state index contributed by atoms with van der Waals surface area (Å²) in [5.74, 6) is 0.852. The zero-order valence-corrected chi connectivity index (χ0v) is 9.58. The SMILES string of the molecule is Nc1nc2cccc(CC3CCC(O)C3)n2n1. The van der Waals surface area contributed by atoms with Crippen LogP contribution in [0, 0.1) is 5.92 Å². The van der Waals surface area contributed by atoms with E-state index in [0.29, 0.717) is 11.9 Å². The highest BCUT2D eigenvalue weighted by molar-refractivity contribution is 5.42. The summed E-state index contributed by atoms with van der Waals surface area (Å²) >= 11 is 0. The second kappa shape index (κ2) is 4.00. The van der Waals surface area contributed by atoms with E-state index in [4.69, 9.17) is 5.73 Å². The lowest BCUT2D eigenvalue weighted by molar-refractivity contribution is 0.177.